The van der Waals surface area contributed by atoms with Crippen LogP contribution in [0.5, 0.6) is 0 Å². The number of amides is 3. The third-order valence-electron chi connectivity index (χ3n) is 6.67. The zero-order chi connectivity index (χ0) is 23.1. The maximum atomic E-state index is 12.8. The van der Waals surface area contributed by atoms with E-state index in [1.54, 1.807) is 4.90 Å². The van der Waals surface area contributed by atoms with Crippen LogP contribution in [0, 0.1) is 17.8 Å². The van der Waals surface area contributed by atoms with Crippen molar-refractivity contribution in [2.75, 3.05) is 32.8 Å². The van der Waals surface area contributed by atoms with Crippen molar-refractivity contribution in [1.29, 1.82) is 0 Å². The number of hydrogen-bond donors (Lipinski definition) is 4. The minimum atomic E-state index is -1.99. The number of likely N-dealkylation sites (tertiary alicyclic amines) is 1. The molecule has 2 heterocycles. The maximum Gasteiger partial charge on any atom is 0.409 e. The monoisotopic (exact) mass is 452 g/mol. The number of ether oxygens (including phenoxy) is 1. The van der Waals surface area contributed by atoms with Gasteiger partial charge in [0, 0.05) is 19.5 Å². The first-order chi connectivity index (χ1) is 15.3. The first-order valence-electron chi connectivity index (χ1n) is 11.8. The van der Waals surface area contributed by atoms with Gasteiger partial charge in [-0.25, -0.2) is 9.59 Å². The third-order valence-corrected chi connectivity index (χ3v) is 6.67. The standard InChI is InChI=1S/C22H36N4O6/c1-22(20(29)30,25-21(31)32-14-16-4-5-16)24-19(28)17-3-2-12-26(13-17)18(27)7-6-15-8-10-23-11-9-15/h15-17,23H,2-14H2,1H3,(H,24,28)(H,25,31)(H,29,30)/t17?,22-/m1/s1. The Morgan fingerprint density at radius 3 is 2.44 bits per heavy atom. The summed E-state index contributed by atoms with van der Waals surface area (Å²) in [5.74, 6) is -1.45. The Labute approximate surface area is 188 Å². The topological polar surface area (TPSA) is 137 Å². The highest BCUT2D eigenvalue weighted by Gasteiger charge is 2.40. The van der Waals surface area contributed by atoms with Crippen molar-refractivity contribution in [3.63, 3.8) is 0 Å². The summed E-state index contributed by atoms with van der Waals surface area (Å²) in [5.41, 5.74) is -1.99. The molecule has 1 aliphatic carbocycles. The highest BCUT2D eigenvalue weighted by atomic mass is 16.5. The van der Waals surface area contributed by atoms with E-state index in [1.165, 1.54) is 6.92 Å². The second-order valence-electron chi connectivity index (χ2n) is 9.50. The Morgan fingerprint density at radius 2 is 1.78 bits per heavy atom. The SMILES string of the molecule is C[C@](NC(=O)OCC1CC1)(NC(=O)C1CCCN(C(=O)CCC2CCNCC2)C1)C(=O)O. The predicted molar refractivity (Wildman–Crippen MR) is 116 cm³/mol. The van der Waals surface area contributed by atoms with Crippen molar-refractivity contribution < 1.29 is 29.0 Å². The van der Waals surface area contributed by atoms with Crippen LogP contribution in [0.2, 0.25) is 0 Å². The summed E-state index contributed by atoms with van der Waals surface area (Å²) in [6.45, 7) is 4.32. The van der Waals surface area contributed by atoms with E-state index >= 15 is 0 Å². The Balaban J connectivity index is 1.48. The van der Waals surface area contributed by atoms with E-state index in [-0.39, 0.29) is 19.1 Å². The summed E-state index contributed by atoms with van der Waals surface area (Å²) in [6.07, 6.45) is 5.86. The predicted octanol–water partition coefficient (Wildman–Crippen LogP) is 1.06. The molecule has 3 fully saturated rings. The van der Waals surface area contributed by atoms with Gasteiger partial charge < -0.3 is 25.4 Å². The highest BCUT2D eigenvalue weighted by molar-refractivity contribution is 5.90. The van der Waals surface area contributed by atoms with Gasteiger partial charge in [0.05, 0.1) is 12.5 Å². The van der Waals surface area contributed by atoms with E-state index in [0.717, 1.165) is 45.2 Å². The molecule has 10 nitrogen and oxygen atoms in total. The van der Waals surface area contributed by atoms with Crippen LogP contribution < -0.4 is 16.0 Å². The van der Waals surface area contributed by atoms with Crippen LogP contribution >= 0.6 is 0 Å². The van der Waals surface area contributed by atoms with Crippen LogP contribution in [0.4, 0.5) is 4.79 Å². The lowest BCUT2D eigenvalue weighted by atomic mass is 9.92. The molecule has 3 rings (SSSR count). The minimum Gasteiger partial charge on any atom is -0.478 e. The zero-order valence-corrected chi connectivity index (χ0v) is 18.9. The largest absolute Gasteiger partial charge is 0.478 e. The number of nitrogens with one attached hydrogen (secondary N) is 3. The fourth-order valence-electron chi connectivity index (χ4n) is 4.28. The average Bonchev–Trinajstić information content (AvgIpc) is 3.61. The van der Waals surface area contributed by atoms with Gasteiger partial charge in [0.1, 0.15) is 0 Å². The first kappa shape index (κ1) is 24.3. The summed E-state index contributed by atoms with van der Waals surface area (Å²) >= 11 is 0. The van der Waals surface area contributed by atoms with Crippen LogP contribution in [-0.4, -0.2) is 72.3 Å². The number of piperidine rings is 2. The van der Waals surface area contributed by atoms with E-state index in [2.05, 4.69) is 16.0 Å². The third kappa shape index (κ3) is 7.08. The van der Waals surface area contributed by atoms with Gasteiger partial charge in [-0.1, -0.05) is 0 Å². The molecule has 1 unspecified atom stereocenters. The summed E-state index contributed by atoms with van der Waals surface area (Å²) < 4.78 is 5.04. The molecular formula is C22H36N4O6. The Morgan fingerprint density at radius 1 is 1.06 bits per heavy atom. The van der Waals surface area contributed by atoms with Crippen molar-refractivity contribution in [2.45, 2.75) is 64.0 Å². The summed E-state index contributed by atoms with van der Waals surface area (Å²) in [6, 6.07) is 0. The van der Waals surface area contributed by atoms with Gasteiger partial charge in [0.15, 0.2) is 0 Å². The number of rotatable bonds is 9. The fraction of sp³-hybridized carbons (Fsp3) is 0.818. The van der Waals surface area contributed by atoms with E-state index in [0.29, 0.717) is 37.6 Å². The zero-order valence-electron chi connectivity index (χ0n) is 18.9. The minimum absolute atomic E-state index is 0.0452. The highest BCUT2D eigenvalue weighted by Crippen LogP contribution is 2.28. The number of aliphatic carboxylic acids is 1. The van der Waals surface area contributed by atoms with Crippen molar-refractivity contribution in [2.24, 2.45) is 17.8 Å². The van der Waals surface area contributed by atoms with Crippen LogP contribution in [0.15, 0.2) is 0 Å². The first-order valence-corrected chi connectivity index (χ1v) is 11.8. The summed E-state index contributed by atoms with van der Waals surface area (Å²) in [5, 5.41) is 17.6. The molecule has 0 aromatic carbocycles. The van der Waals surface area contributed by atoms with Crippen molar-refractivity contribution >= 4 is 23.9 Å². The van der Waals surface area contributed by atoms with E-state index < -0.39 is 29.6 Å². The van der Waals surface area contributed by atoms with Gasteiger partial charge in [0.25, 0.3) is 0 Å². The average molecular weight is 453 g/mol. The molecule has 10 heteroatoms. The number of carboxylic acids is 1. The lowest BCUT2D eigenvalue weighted by Crippen LogP contribution is -2.65. The summed E-state index contributed by atoms with van der Waals surface area (Å²) in [4.78, 5) is 51.0. The van der Waals surface area contributed by atoms with Gasteiger partial charge >= 0.3 is 12.1 Å². The molecule has 0 aromatic rings. The molecule has 180 valence electrons. The van der Waals surface area contributed by atoms with Crippen LogP contribution in [0.3, 0.4) is 0 Å². The van der Waals surface area contributed by atoms with Gasteiger partial charge in [-0.2, -0.15) is 0 Å². The van der Waals surface area contributed by atoms with E-state index in [1.807, 2.05) is 0 Å². The normalized spacial score (nSPS) is 23.7. The smallest absolute Gasteiger partial charge is 0.409 e. The van der Waals surface area contributed by atoms with E-state index in [9.17, 15) is 24.3 Å². The van der Waals surface area contributed by atoms with Gasteiger partial charge in [-0.05, 0) is 76.8 Å². The van der Waals surface area contributed by atoms with Crippen molar-refractivity contribution in [3.05, 3.63) is 0 Å². The van der Waals surface area contributed by atoms with Crippen LogP contribution in [0.25, 0.3) is 0 Å². The van der Waals surface area contributed by atoms with Gasteiger partial charge in [0.2, 0.25) is 17.5 Å². The molecule has 1 saturated carbocycles. The summed E-state index contributed by atoms with van der Waals surface area (Å²) in [7, 11) is 0. The molecule has 3 amide bonds. The molecule has 2 aliphatic heterocycles. The lowest BCUT2D eigenvalue weighted by Gasteiger charge is -2.35. The Kier molecular flexibility index (Phi) is 8.33. The molecule has 0 spiro atoms. The van der Waals surface area contributed by atoms with Gasteiger partial charge in [-0.15, -0.1) is 0 Å². The molecule has 0 radical (unpaired) electrons. The quantitative estimate of drug-likeness (QED) is 0.384. The molecule has 32 heavy (non-hydrogen) atoms. The van der Waals surface area contributed by atoms with Crippen LogP contribution in [-0.2, 0) is 19.1 Å². The molecule has 2 saturated heterocycles. The lowest BCUT2D eigenvalue weighted by molar-refractivity contribution is -0.149. The molecule has 0 aromatic heterocycles. The molecule has 4 N–H and O–H groups in total. The molecular weight excluding hydrogens is 416 g/mol. The van der Waals surface area contributed by atoms with Crippen LogP contribution in [0.1, 0.15) is 58.3 Å². The number of alkyl carbamates (subject to hydrolysis) is 1. The van der Waals surface area contributed by atoms with Gasteiger partial charge in [-0.3, -0.25) is 14.9 Å². The Hall–Kier alpha value is -2.36. The second kappa shape index (κ2) is 11.0. The number of carboxylic acid groups (broad SMARTS) is 1. The van der Waals surface area contributed by atoms with Crippen molar-refractivity contribution in [1.82, 2.24) is 20.9 Å². The number of carbonyl (C=O) groups is 4. The number of hydrogen-bond acceptors (Lipinski definition) is 6. The molecule has 3 aliphatic rings. The molecule has 0 bridgehead atoms. The van der Waals surface area contributed by atoms with Crippen molar-refractivity contribution in [3.8, 4) is 0 Å². The van der Waals surface area contributed by atoms with E-state index in [4.69, 9.17) is 4.74 Å². The Bertz CT molecular complexity index is 707. The number of carbonyl (C=O) groups excluding carboxylic acids is 3. The fourth-order valence-corrected chi connectivity index (χ4v) is 4.28. The maximum absolute atomic E-state index is 12.8. The molecule has 2 atom stereocenters. The number of nitrogens with zero attached hydrogens (tertiary/aromatic N) is 1. The second-order valence-corrected chi connectivity index (χ2v) is 9.50.